The molecule has 0 spiro atoms. The molecule has 0 aliphatic heterocycles. The van der Waals surface area contributed by atoms with Crippen molar-refractivity contribution in [3.63, 3.8) is 0 Å². The van der Waals surface area contributed by atoms with Crippen LogP contribution in [0.2, 0.25) is 5.02 Å². The van der Waals surface area contributed by atoms with E-state index in [0.29, 0.717) is 16.1 Å². The van der Waals surface area contributed by atoms with E-state index in [1.807, 2.05) is 0 Å². The van der Waals surface area contributed by atoms with Gasteiger partial charge in [0, 0.05) is 5.56 Å². The molecule has 0 saturated heterocycles. The minimum Gasteiger partial charge on any atom is -0.465 e. The molecule has 0 aromatic heterocycles. The Morgan fingerprint density at radius 2 is 2.21 bits per heavy atom. The Bertz CT molecular complexity index is 392. The fourth-order valence-electron chi connectivity index (χ4n) is 0.959. The SMILES string of the molecule is COC(=O)c1ccc(Cl)c(C(N)=S)c1. The molecule has 1 aromatic rings. The van der Waals surface area contributed by atoms with Gasteiger partial charge in [-0.2, -0.15) is 0 Å². The molecule has 0 aliphatic rings. The summed E-state index contributed by atoms with van der Waals surface area (Å²) in [7, 11) is 1.30. The zero-order valence-corrected chi connectivity index (χ0v) is 8.98. The predicted molar refractivity (Wildman–Crippen MR) is 58.7 cm³/mol. The van der Waals surface area contributed by atoms with E-state index < -0.39 is 5.97 Å². The molecule has 5 heteroatoms. The summed E-state index contributed by atoms with van der Waals surface area (Å²) in [5.74, 6) is -0.445. The van der Waals surface area contributed by atoms with Crippen LogP contribution in [0.5, 0.6) is 0 Å². The van der Waals surface area contributed by atoms with Crippen molar-refractivity contribution in [2.75, 3.05) is 7.11 Å². The van der Waals surface area contributed by atoms with Crippen molar-refractivity contribution in [3.05, 3.63) is 34.3 Å². The van der Waals surface area contributed by atoms with Crippen LogP contribution in [0.25, 0.3) is 0 Å². The summed E-state index contributed by atoms with van der Waals surface area (Å²) in [6.07, 6.45) is 0. The first kappa shape index (κ1) is 10.9. The second-order valence-corrected chi connectivity index (χ2v) is 3.40. The lowest BCUT2D eigenvalue weighted by molar-refractivity contribution is 0.0600. The van der Waals surface area contributed by atoms with Crippen LogP contribution in [0.15, 0.2) is 18.2 Å². The van der Waals surface area contributed by atoms with Crippen molar-refractivity contribution >= 4 is 34.8 Å². The van der Waals surface area contributed by atoms with E-state index in [1.54, 1.807) is 12.1 Å². The molecular formula is C9H8ClNO2S. The molecule has 0 aliphatic carbocycles. The first-order valence-corrected chi connectivity index (χ1v) is 4.52. The Balaban J connectivity index is 3.19. The third kappa shape index (κ3) is 2.21. The van der Waals surface area contributed by atoms with Crippen molar-refractivity contribution < 1.29 is 9.53 Å². The van der Waals surface area contributed by atoms with Crippen LogP contribution >= 0.6 is 23.8 Å². The number of halogens is 1. The van der Waals surface area contributed by atoms with Gasteiger partial charge in [0.2, 0.25) is 0 Å². The molecule has 14 heavy (non-hydrogen) atoms. The minimum absolute atomic E-state index is 0.153. The van der Waals surface area contributed by atoms with Crippen LogP contribution in [0.3, 0.4) is 0 Å². The van der Waals surface area contributed by atoms with E-state index in [1.165, 1.54) is 13.2 Å². The van der Waals surface area contributed by atoms with Gasteiger partial charge in [-0.25, -0.2) is 4.79 Å². The van der Waals surface area contributed by atoms with E-state index in [2.05, 4.69) is 4.74 Å². The number of hydrogen-bond acceptors (Lipinski definition) is 3. The number of benzene rings is 1. The summed E-state index contributed by atoms with van der Waals surface area (Å²) >= 11 is 10.6. The lowest BCUT2D eigenvalue weighted by Crippen LogP contribution is -2.12. The van der Waals surface area contributed by atoms with Gasteiger partial charge < -0.3 is 10.5 Å². The van der Waals surface area contributed by atoms with E-state index in [-0.39, 0.29) is 4.99 Å². The monoisotopic (exact) mass is 229 g/mol. The van der Waals surface area contributed by atoms with Gasteiger partial charge in [-0.1, -0.05) is 23.8 Å². The van der Waals surface area contributed by atoms with Gasteiger partial charge in [0.25, 0.3) is 0 Å². The maximum atomic E-state index is 11.2. The van der Waals surface area contributed by atoms with Crippen LogP contribution in [-0.2, 0) is 4.74 Å². The summed E-state index contributed by atoms with van der Waals surface area (Å²) in [5, 5.41) is 0.421. The molecule has 0 unspecified atom stereocenters. The summed E-state index contributed by atoms with van der Waals surface area (Å²) < 4.78 is 4.54. The molecular weight excluding hydrogens is 222 g/mol. The third-order valence-corrected chi connectivity index (χ3v) is 2.20. The number of carbonyl (C=O) groups is 1. The van der Waals surface area contributed by atoms with E-state index in [4.69, 9.17) is 29.6 Å². The Labute approximate surface area is 91.8 Å². The summed E-state index contributed by atoms with van der Waals surface area (Å²) in [4.78, 5) is 11.3. The van der Waals surface area contributed by atoms with E-state index in [0.717, 1.165) is 0 Å². The van der Waals surface area contributed by atoms with Gasteiger partial charge in [-0.15, -0.1) is 0 Å². The van der Waals surface area contributed by atoms with Gasteiger partial charge in [0.05, 0.1) is 17.7 Å². The number of thiocarbonyl (C=S) groups is 1. The molecule has 0 bridgehead atoms. The number of nitrogens with two attached hydrogens (primary N) is 1. The topological polar surface area (TPSA) is 52.3 Å². The maximum absolute atomic E-state index is 11.2. The molecule has 0 atom stereocenters. The average Bonchev–Trinajstić information content (AvgIpc) is 2.17. The molecule has 0 radical (unpaired) electrons. The van der Waals surface area contributed by atoms with Crippen molar-refractivity contribution in [2.45, 2.75) is 0 Å². The van der Waals surface area contributed by atoms with Gasteiger partial charge in [0.1, 0.15) is 4.99 Å². The number of hydrogen-bond donors (Lipinski definition) is 1. The largest absolute Gasteiger partial charge is 0.465 e. The summed E-state index contributed by atoms with van der Waals surface area (Å²) in [6, 6.07) is 4.62. The molecule has 0 saturated carbocycles. The molecule has 0 amide bonds. The van der Waals surface area contributed by atoms with Gasteiger partial charge in [-0.05, 0) is 18.2 Å². The zero-order valence-electron chi connectivity index (χ0n) is 7.41. The Morgan fingerprint density at radius 3 is 2.71 bits per heavy atom. The number of methoxy groups -OCH3 is 1. The van der Waals surface area contributed by atoms with Gasteiger partial charge in [-0.3, -0.25) is 0 Å². The normalized spacial score (nSPS) is 9.57. The van der Waals surface area contributed by atoms with Gasteiger partial charge >= 0.3 is 5.97 Å². The van der Waals surface area contributed by atoms with E-state index >= 15 is 0 Å². The highest BCUT2D eigenvalue weighted by Crippen LogP contribution is 2.17. The first-order chi connectivity index (χ1) is 6.56. The smallest absolute Gasteiger partial charge is 0.337 e. The van der Waals surface area contributed by atoms with Gasteiger partial charge in [0.15, 0.2) is 0 Å². The highest BCUT2D eigenvalue weighted by molar-refractivity contribution is 7.80. The molecule has 2 N–H and O–H groups in total. The number of ether oxygens (including phenoxy) is 1. The standard InChI is InChI=1S/C9H8ClNO2S/c1-13-9(12)5-2-3-7(10)6(4-5)8(11)14/h2-4H,1H3,(H2,11,14). The highest BCUT2D eigenvalue weighted by atomic mass is 35.5. The predicted octanol–water partition coefficient (Wildman–Crippen LogP) is 1.76. The molecule has 1 aromatic carbocycles. The minimum atomic E-state index is -0.445. The van der Waals surface area contributed by atoms with Crippen LogP contribution in [-0.4, -0.2) is 18.1 Å². The van der Waals surface area contributed by atoms with Crippen LogP contribution in [0.1, 0.15) is 15.9 Å². The molecule has 0 heterocycles. The second-order valence-electron chi connectivity index (χ2n) is 2.55. The highest BCUT2D eigenvalue weighted by Gasteiger charge is 2.09. The number of esters is 1. The van der Waals surface area contributed by atoms with E-state index in [9.17, 15) is 4.79 Å². The van der Waals surface area contributed by atoms with Crippen molar-refractivity contribution in [2.24, 2.45) is 5.73 Å². The molecule has 0 fully saturated rings. The summed E-state index contributed by atoms with van der Waals surface area (Å²) in [6.45, 7) is 0. The lowest BCUT2D eigenvalue weighted by atomic mass is 10.1. The lowest BCUT2D eigenvalue weighted by Gasteiger charge is -2.04. The molecule has 1 rings (SSSR count). The quantitative estimate of drug-likeness (QED) is 0.620. The number of rotatable bonds is 2. The summed E-state index contributed by atoms with van der Waals surface area (Å²) in [5.41, 5.74) is 6.27. The Hall–Kier alpha value is -1.13. The molecule has 74 valence electrons. The molecule has 3 nitrogen and oxygen atoms in total. The van der Waals surface area contributed by atoms with Crippen LogP contribution in [0, 0.1) is 0 Å². The first-order valence-electron chi connectivity index (χ1n) is 3.74. The Morgan fingerprint density at radius 1 is 1.57 bits per heavy atom. The van der Waals surface area contributed by atoms with Crippen molar-refractivity contribution in [3.8, 4) is 0 Å². The Kier molecular flexibility index (Phi) is 3.43. The second kappa shape index (κ2) is 4.39. The van der Waals surface area contributed by atoms with Crippen LogP contribution in [0.4, 0.5) is 0 Å². The fraction of sp³-hybridized carbons (Fsp3) is 0.111. The van der Waals surface area contributed by atoms with Crippen molar-refractivity contribution in [1.29, 1.82) is 0 Å². The van der Waals surface area contributed by atoms with Crippen LogP contribution < -0.4 is 5.73 Å². The third-order valence-electron chi connectivity index (χ3n) is 1.65. The van der Waals surface area contributed by atoms with Crippen molar-refractivity contribution in [1.82, 2.24) is 0 Å². The average molecular weight is 230 g/mol. The zero-order chi connectivity index (χ0) is 10.7. The fourth-order valence-corrected chi connectivity index (χ4v) is 1.40. The maximum Gasteiger partial charge on any atom is 0.337 e. The number of carbonyl (C=O) groups excluding carboxylic acids is 1.